The summed E-state index contributed by atoms with van der Waals surface area (Å²) < 4.78 is 0. The molecule has 0 radical (unpaired) electrons. The lowest BCUT2D eigenvalue weighted by atomic mass is 10.2. The lowest BCUT2D eigenvalue weighted by Gasteiger charge is -2.17. The van der Waals surface area contributed by atoms with Crippen LogP contribution in [0.1, 0.15) is 0 Å². The standard InChI is InChI=1S/C13H11N3O3/c17-11-5-6-12(18)16(11)10-3-1-9(2-4-10)15-8-7-14-13(15)19/h1-6H,7-8H2,(H,14,19). The van der Waals surface area contributed by atoms with Crippen molar-refractivity contribution in [1.82, 2.24) is 5.32 Å². The van der Waals surface area contributed by atoms with Crippen LogP contribution in [0.25, 0.3) is 0 Å². The first kappa shape index (κ1) is 11.5. The zero-order valence-corrected chi connectivity index (χ0v) is 10.00. The van der Waals surface area contributed by atoms with Gasteiger partial charge in [0.1, 0.15) is 0 Å². The normalized spacial score (nSPS) is 18.4. The van der Waals surface area contributed by atoms with Crippen LogP contribution in [0, 0.1) is 0 Å². The van der Waals surface area contributed by atoms with Crippen molar-refractivity contribution in [1.29, 1.82) is 0 Å². The number of nitrogens with zero attached hydrogens (tertiary/aromatic N) is 2. The Hall–Kier alpha value is -2.63. The van der Waals surface area contributed by atoms with Gasteiger partial charge in [0.25, 0.3) is 11.8 Å². The average Bonchev–Trinajstić information content (AvgIpc) is 2.97. The lowest BCUT2D eigenvalue weighted by molar-refractivity contribution is -0.119. The molecule has 2 aliphatic heterocycles. The number of hydrogen-bond acceptors (Lipinski definition) is 3. The number of carbonyl (C=O) groups is 3. The SMILES string of the molecule is O=C1NCCN1c1ccc(N2C(=O)C=CC2=O)cc1. The van der Waals surface area contributed by atoms with Gasteiger partial charge in [0, 0.05) is 30.9 Å². The number of benzene rings is 1. The van der Waals surface area contributed by atoms with Crippen molar-refractivity contribution < 1.29 is 14.4 Å². The molecule has 0 unspecified atom stereocenters. The van der Waals surface area contributed by atoms with E-state index in [2.05, 4.69) is 5.32 Å². The van der Waals surface area contributed by atoms with E-state index in [9.17, 15) is 14.4 Å². The van der Waals surface area contributed by atoms with Gasteiger partial charge in [-0.1, -0.05) is 0 Å². The molecule has 3 rings (SSSR count). The Labute approximate surface area is 109 Å². The Morgan fingerprint density at radius 1 is 0.895 bits per heavy atom. The molecular formula is C13H11N3O3. The summed E-state index contributed by atoms with van der Waals surface area (Å²) in [5.74, 6) is -0.701. The quantitative estimate of drug-likeness (QED) is 0.791. The smallest absolute Gasteiger partial charge is 0.321 e. The first-order valence-corrected chi connectivity index (χ1v) is 5.88. The van der Waals surface area contributed by atoms with E-state index in [1.807, 2.05) is 0 Å². The van der Waals surface area contributed by atoms with Gasteiger partial charge in [0.15, 0.2) is 0 Å². The van der Waals surface area contributed by atoms with Crippen molar-refractivity contribution in [3.8, 4) is 0 Å². The molecule has 0 bridgehead atoms. The monoisotopic (exact) mass is 257 g/mol. The number of urea groups is 1. The van der Waals surface area contributed by atoms with Crippen LogP contribution in [-0.2, 0) is 9.59 Å². The molecule has 1 aromatic carbocycles. The molecule has 0 aliphatic carbocycles. The molecule has 6 nitrogen and oxygen atoms in total. The summed E-state index contributed by atoms with van der Waals surface area (Å²) in [5, 5.41) is 2.71. The second kappa shape index (κ2) is 4.24. The molecule has 1 fully saturated rings. The minimum absolute atomic E-state index is 0.136. The molecule has 19 heavy (non-hydrogen) atoms. The third-order valence-corrected chi connectivity index (χ3v) is 3.09. The van der Waals surface area contributed by atoms with E-state index < -0.39 is 0 Å². The Kier molecular flexibility index (Phi) is 2.56. The summed E-state index contributed by atoms with van der Waals surface area (Å²) in [6.45, 7) is 1.23. The van der Waals surface area contributed by atoms with Crippen LogP contribution in [0.5, 0.6) is 0 Å². The highest BCUT2D eigenvalue weighted by Crippen LogP contribution is 2.24. The number of rotatable bonds is 2. The zero-order valence-electron chi connectivity index (χ0n) is 10.00. The van der Waals surface area contributed by atoms with Gasteiger partial charge in [-0.25, -0.2) is 9.69 Å². The van der Waals surface area contributed by atoms with Crippen molar-refractivity contribution in [2.45, 2.75) is 0 Å². The van der Waals surface area contributed by atoms with Crippen LogP contribution in [0.15, 0.2) is 36.4 Å². The number of anilines is 2. The fraction of sp³-hybridized carbons (Fsp3) is 0.154. The maximum Gasteiger partial charge on any atom is 0.321 e. The number of carbonyl (C=O) groups excluding carboxylic acids is 3. The van der Waals surface area contributed by atoms with Crippen molar-refractivity contribution in [3.63, 3.8) is 0 Å². The highest BCUT2D eigenvalue weighted by molar-refractivity contribution is 6.28. The van der Waals surface area contributed by atoms with Gasteiger partial charge < -0.3 is 5.32 Å². The van der Waals surface area contributed by atoms with E-state index in [4.69, 9.17) is 0 Å². The van der Waals surface area contributed by atoms with Gasteiger partial charge in [-0.15, -0.1) is 0 Å². The molecular weight excluding hydrogens is 246 g/mol. The Morgan fingerprint density at radius 2 is 1.47 bits per heavy atom. The summed E-state index contributed by atoms with van der Waals surface area (Å²) >= 11 is 0. The van der Waals surface area contributed by atoms with Crippen molar-refractivity contribution in [2.24, 2.45) is 0 Å². The van der Waals surface area contributed by atoms with Crippen molar-refractivity contribution in [2.75, 3.05) is 22.9 Å². The minimum atomic E-state index is -0.350. The summed E-state index contributed by atoms with van der Waals surface area (Å²) in [4.78, 5) is 37.2. The molecule has 1 aromatic rings. The van der Waals surface area contributed by atoms with E-state index in [1.165, 1.54) is 12.2 Å². The highest BCUT2D eigenvalue weighted by Gasteiger charge is 2.26. The minimum Gasteiger partial charge on any atom is -0.336 e. The van der Waals surface area contributed by atoms with E-state index in [-0.39, 0.29) is 17.8 Å². The molecule has 1 saturated heterocycles. The molecule has 0 saturated carbocycles. The Morgan fingerprint density at radius 3 is 2.00 bits per heavy atom. The van der Waals surface area contributed by atoms with Crippen LogP contribution < -0.4 is 15.1 Å². The predicted molar refractivity (Wildman–Crippen MR) is 68.8 cm³/mol. The molecule has 1 N–H and O–H groups in total. The second-order valence-electron chi connectivity index (χ2n) is 4.25. The number of nitrogens with one attached hydrogen (secondary N) is 1. The van der Waals surface area contributed by atoms with Gasteiger partial charge in [0.2, 0.25) is 0 Å². The number of imide groups is 1. The lowest BCUT2D eigenvalue weighted by Crippen LogP contribution is -2.30. The molecule has 2 aliphatic rings. The summed E-state index contributed by atoms with van der Waals surface area (Å²) in [6, 6.07) is 6.62. The highest BCUT2D eigenvalue weighted by atomic mass is 16.2. The van der Waals surface area contributed by atoms with Gasteiger partial charge in [-0.3, -0.25) is 14.5 Å². The third kappa shape index (κ3) is 1.87. The molecule has 4 amide bonds. The summed E-state index contributed by atoms with van der Waals surface area (Å²) in [6.07, 6.45) is 2.48. The van der Waals surface area contributed by atoms with Crippen molar-refractivity contribution >= 4 is 29.2 Å². The van der Waals surface area contributed by atoms with Crippen LogP contribution in [-0.4, -0.2) is 30.9 Å². The number of hydrogen-bond donors (Lipinski definition) is 1. The molecule has 6 heteroatoms. The van der Waals surface area contributed by atoms with Gasteiger partial charge in [-0.2, -0.15) is 0 Å². The Balaban J connectivity index is 1.85. The van der Waals surface area contributed by atoms with E-state index in [0.29, 0.717) is 18.8 Å². The summed E-state index contributed by atoms with van der Waals surface area (Å²) in [7, 11) is 0. The molecule has 96 valence electrons. The fourth-order valence-corrected chi connectivity index (χ4v) is 2.15. The van der Waals surface area contributed by atoms with E-state index >= 15 is 0 Å². The predicted octanol–water partition coefficient (Wildman–Crippen LogP) is 0.646. The fourth-order valence-electron chi connectivity index (χ4n) is 2.15. The molecule has 0 spiro atoms. The van der Waals surface area contributed by atoms with Gasteiger partial charge >= 0.3 is 6.03 Å². The van der Waals surface area contributed by atoms with Crippen LogP contribution >= 0.6 is 0 Å². The average molecular weight is 257 g/mol. The first-order chi connectivity index (χ1) is 9.16. The largest absolute Gasteiger partial charge is 0.336 e. The molecule has 2 heterocycles. The van der Waals surface area contributed by atoms with Crippen LogP contribution in [0.2, 0.25) is 0 Å². The maximum atomic E-state index is 11.5. The summed E-state index contributed by atoms with van der Waals surface area (Å²) in [5.41, 5.74) is 1.24. The topological polar surface area (TPSA) is 69.7 Å². The Bertz CT molecular complexity index is 574. The van der Waals surface area contributed by atoms with Gasteiger partial charge in [-0.05, 0) is 24.3 Å². The third-order valence-electron chi connectivity index (χ3n) is 3.09. The molecule has 0 atom stereocenters. The second-order valence-corrected chi connectivity index (χ2v) is 4.25. The van der Waals surface area contributed by atoms with Gasteiger partial charge in [0.05, 0.1) is 5.69 Å². The van der Waals surface area contributed by atoms with E-state index in [1.54, 1.807) is 29.2 Å². The van der Waals surface area contributed by atoms with E-state index in [0.717, 1.165) is 10.6 Å². The maximum absolute atomic E-state index is 11.5. The van der Waals surface area contributed by atoms with Crippen LogP contribution in [0.3, 0.4) is 0 Å². The molecule has 0 aromatic heterocycles. The number of amides is 4. The van der Waals surface area contributed by atoms with Crippen molar-refractivity contribution in [3.05, 3.63) is 36.4 Å². The zero-order chi connectivity index (χ0) is 13.4. The van der Waals surface area contributed by atoms with Crippen LogP contribution in [0.4, 0.5) is 16.2 Å². The first-order valence-electron chi connectivity index (χ1n) is 5.88.